The van der Waals surface area contributed by atoms with Crippen LogP contribution in [0.5, 0.6) is 16.7 Å². The molecular weight excluding hydrogens is 400 g/mol. The van der Waals surface area contributed by atoms with Crippen molar-refractivity contribution in [3.63, 3.8) is 0 Å². The lowest BCUT2D eigenvalue weighted by atomic mass is 9.98. The lowest BCUT2D eigenvalue weighted by Gasteiger charge is -2.19. The van der Waals surface area contributed by atoms with Gasteiger partial charge in [-0.15, -0.1) is 10.2 Å². The van der Waals surface area contributed by atoms with Crippen LogP contribution in [0.4, 0.5) is 0 Å². The first kappa shape index (κ1) is 19.0. The van der Waals surface area contributed by atoms with Crippen LogP contribution in [0.1, 0.15) is 24.6 Å². The number of hydrogen-bond acceptors (Lipinski definition) is 8. The van der Waals surface area contributed by atoms with Gasteiger partial charge in [-0.2, -0.15) is 4.80 Å². The quantitative estimate of drug-likeness (QED) is 0.487. The number of fused-ring (bicyclic) bond motifs is 1. The fourth-order valence-corrected chi connectivity index (χ4v) is 4.27. The second-order valence-electron chi connectivity index (χ2n) is 7.14. The Morgan fingerprint density at radius 1 is 1.03 bits per heavy atom. The summed E-state index contributed by atoms with van der Waals surface area (Å²) >= 11 is 1.53. The van der Waals surface area contributed by atoms with E-state index >= 15 is 0 Å². The standard InChI is InChI=1S/C21H22N6O2S/c1-2-4-19-18(3-1)23-21(30-19)29-17-7-5-16(6-8-17)28-14-13-27-25-20(24-26-27)15-9-11-22-12-10-15/h1-8,15,22H,9-14H2. The molecule has 1 fully saturated rings. The molecule has 1 N–H and O–H groups in total. The lowest BCUT2D eigenvalue weighted by Crippen LogP contribution is -2.27. The van der Waals surface area contributed by atoms with E-state index in [2.05, 4.69) is 25.7 Å². The third-order valence-electron chi connectivity index (χ3n) is 5.04. The predicted octanol–water partition coefficient (Wildman–Crippen LogP) is 3.62. The fourth-order valence-electron chi connectivity index (χ4n) is 3.44. The van der Waals surface area contributed by atoms with E-state index in [1.807, 2.05) is 48.5 Å². The molecule has 4 aromatic rings. The molecule has 0 spiro atoms. The molecule has 9 heteroatoms. The minimum atomic E-state index is 0.406. The van der Waals surface area contributed by atoms with Gasteiger partial charge in [0.25, 0.3) is 5.19 Å². The van der Waals surface area contributed by atoms with Crippen molar-refractivity contribution in [1.82, 2.24) is 30.5 Å². The largest absolute Gasteiger partial charge is 0.492 e. The summed E-state index contributed by atoms with van der Waals surface area (Å²) in [4.78, 5) is 6.10. The number of piperidine rings is 1. The second-order valence-corrected chi connectivity index (χ2v) is 8.13. The van der Waals surface area contributed by atoms with Gasteiger partial charge >= 0.3 is 0 Å². The molecule has 5 rings (SSSR count). The van der Waals surface area contributed by atoms with Crippen molar-refractivity contribution in [1.29, 1.82) is 0 Å². The highest BCUT2D eigenvalue weighted by molar-refractivity contribution is 7.20. The number of thiazole rings is 1. The Hall–Kier alpha value is -3.04. The zero-order valence-corrected chi connectivity index (χ0v) is 17.2. The summed E-state index contributed by atoms with van der Waals surface area (Å²) in [6, 6.07) is 15.5. The van der Waals surface area contributed by atoms with Gasteiger partial charge in [0.1, 0.15) is 18.1 Å². The third-order valence-corrected chi connectivity index (χ3v) is 5.95. The number of aromatic nitrogens is 5. The molecule has 8 nitrogen and oxygen atoms in total. The topological polar surface area (TPSA) is 87.0 Å². The maximum Gasteiger partial charge on any atom is 0.279 e. The van der Waals surface area contributed by atoms with Gasteiger partial charge in [0.05, 0.1) is 16.8 Å². The molecule has 154 valence electrons. The normalized spacial score (nSPS) is 14.8. The van der Waals surface area contributed by atoms with E-state index in [1.165, 1.54) is 11.3 Å². The number of nitrogens with zero attached hydrogens (tertiary/aromatic N) is 5. The first-order valence-electron chi connectivity index (χ1n) is 10.1. The third kappa shape index (κ3) is 4.42. The minimum absolute atomic E-state index is 0.406. The molecule has 3 heterocycles. The Kier molecular flexibility index (Phi) is 5.54. The summed E-state index contributed by atoms with van der Waals surface area (Å²) < 4.78 is 12.8. The average Bonchev–Trinajstić information content (AvgIpc) is 3.42. The number of benzene rings is 2. The molecule has 0 bridgehead atoms. The maximum atomic E-state index is 5.87. The monoisotopic (exact) mass is 422 g/mol. The zero-order chi connectivity index (χ0) is 20.2. The molecule has 1 saturated heterocycles. The van der Waals surface area contributed by atoms with Gasteiger partial charge in [-0.05, 0) is 67.5 Å². The average molecular weight is 423 g/mol. The molecule has 0 saturated carbocycles. The van der Waals surface area contributed by atoms with E-state index in [9.17, 15) is 0 Å². The number of tetrazole rings is 1. The molecule has 0 radical (unpaired) electrons. The summed E-state index contributed by atoms with van der Waals surface area (Å²) in [7, 11) is 0. The molecule has 1 aliphatic rings. The minimum Gasteiger partial charge on any atom is -0.492 e. The molecule has 0 unspecified atom stereocenters. The van der Waals surface area contributed by atoms with Crippen molar-refractivity contribution in [2.75, 3.05) is 19.7 Å². The summed E-state index contributed by atoms with van der Waals surface area (Å²) in [5.41, 5.74) is 0.947. The molecule has 0 atom stereocenters. The number of hydrogen-bond donors (Lipinski definition) is 1. The van der Waals surface area contributed by atoms with Crippen molar-refractivity contribution in [2.24, 2.45) is 0 Å². The van der Waals surface area contributed by atoms with Crippen LogP contribution in [0.3, 0.4) is 0 Å². The Morgan fingerprint density at radius 2 is 1.83 bits per heavy atom. The first-order chi connectivity index (χ1) is 14.8. The van der Waals surface area contributed by atoms with Gasteiger partial charge in [-0.25, -0.2) is 4.98 Å². The summed E-state index contributed by atoms with van der Waals surface area (Å²) in [5.74, 6) is 2.74. The molecule has 30 heavy (non-hydrogen) atoms. The Balaban J connectivity index is 1.12. The number of ether oxygens (including phenoxy) is 2. The van der Waals surface area contributed by atoms with E-state index in [4.69, 9.17) is 9.47 Å². The summed E-state index contributed by atoms with van der Waals surface area (Å²) in [6.45, 7) is 3.06. The van der Waals surface area contributed by atoms with Crippen LogP contribution >= 0.6 is 11.3 Å². The van der Waals surface area contributed by atoms with Crippen molar-refractivity contribution >= 4 is 21.6 Å². The van der Waals surface area contributed by atoms with E-state index in [1.54, 1.807) is 4.80 Å². The van der Waals surface area contributed by atoms with Gasteiger partial charge < -0.3 is 14.8 Å². The zero-order valence-electron chi connectivity index (χ0n) is 16.4. The highest BCUT2D eigenvalue weighted by Crippen LogP contribution is 2.31. The van der Waals surface area contributed by atoms with Crippen LogP contribution in [-0.4, -0.2) is 44.9 Å². The molecule has 0 amide bonds. The van der Waals surface area contributed by atoms with Gasteiger partial charge in [-0.3, -0.25) is 0 Å². The van der Waals surface area contributed by atoms with E-state index in [0.29, 0.717) is 24.3 Å². The van der Waals surface area contributed by atoms with Gasteiger partial charge in [-0.1, -0.05) is 23.5 Å². The van der Waals surface area contributed by atoms with Crippen molar-refractivity contribution in [3.8, 4) is 16.7 Å². The molecule has 0 aliphatic carbocycles. The second kappa shape index (κ2) is 8.76. The molecule has 2 aromatic carbocycles. The van der Waals surface area contributed by atoms with Crippen molar-refractivity contribution in [3.05, 3.63) is 54.4 Å². The molecule has 2 aromatic heterocycles. The van der Waals surface area contributed by atoms with Gasteiger partial charge in [0.2, 0.25) is 0 Å². The molecule has 1 aliphatic heterocycles. The Labute approximate surface area is 177 Å². The van der Waals surface area contributed by atoms with E-state index in [-0.39, 0.29) is 0 Å². The summed E-state index contributed by atoms with van der Waals surface area (Å²) in [5, 5.41) is 16.8. The SMILES string of the molecule is c1ccc2sc(Oc3ccc(OCCn4nnc(C5CCNCC5)n4)cc3)nc2c1. The predicted molar refractivity (Wildman–Crippen MR) is 114 cm³/mol. The highest BCUT2D eigenvalue weighted by atomic mass is 32.1. The number of nitrogens with one attached hydrogen (secondary N) is 1. The molecular formula is C21H22N6O2S. The van der Waals surface area contributed by atoms with Crippen LogP contribution < -0.4 is 14.8 Å². The van der Waals surface area contributed by atoms with E-state index < -0.39 is 0 Å². The van der Waals surface area contributed by atoms with Crippen LogP contribution in [0.15, 0.2) is 48.5 Å². The smallest absolute Gasteiger partial charge is 0.279 e. The first-order valence-corrected chi connectivity index (χ1v) is 10.9. The van der Waals surface area contributed by atoms with Crippen LogP contribution in [-0.2, 0) is 6.54 Å². The van der Waals surface area contributed by atoms with E-state index in [0.717, 1.165) is 53.5 Å². The number of rotatable bonds is 7. The maximum absolute atomic E-state index is 5.87. The number of para-hydroxylation sites is 1. The Bertz CT molecular complexity index is 1070. The van der Waals surface area contributed by atoms with Crippen molar-refractivity contribution < 1.29 is 9.47 Å². The van der Waals surface area contributed by atoms with Gasteiger partial charge in [0, 0.05) is 5.92 Å². The Morgan fingerprint density at radius 3 is 2.67 bits per heavy atom. The lowest BCUT2D eigenvalue weighted by molar-refractivity contribution is 0.279. The van der Waals surface area contributed by atoms with Crippen LogP contribution in [0.25, 0.3) is 10.2 Å². The van der Waals surface area contributed by atoms with Gasteiger partial charge in [0.15, 0.2) is 5.82 Å². The van der Waals surface area contributed by atoms with Crippen LogP contribution in [0.2, 0.25) is 0 Å². The van der Waals surface area contributed by atoms with Crippen molar-refractivity contribution in [2.45, 2.75) is 25.3 Å². The fraction of sp³-hybridized carbons (Fsp3) is 0.333. The van der Waals surface area contributed by atoms with Crippen LogP contribution in [0, 0.1) is 0 Å². The summed E-state index contributed by atoms with van der Waals surface area (Å²) in [6.07, 6.45) is 2.13. The highest BCUT2D eigenvalue weighted by Gasteiger charge is 2.19.